The minimum absolute atomic E-state index is 0.161. The highest BCUT2D eigenvalue weighted by Gasteiger charge is 2.35. The average molecular weight is 276 g/mol. The number of piperidine rings is 1. The third-order valence-corrected chi connectivity index (χ3v) is 4.67. The summed E-state index contributed by atoms with van der Waals surface area (Å²) in [6.45, 7) is 4.01. The first-order valence-corrected chi connectivity index (χ1v) is 7.92. The van der Waals surface area contributed by atoms with Gasteiger partial charge in [0.1, 0.15) is 5.76 Å². The van der Waals surface area contributed by atoms with Crippen LogP contribution >= 0.6 is 0 Å². The number of hydrogen-bond donors (Lipinski definition) is 1. The van der Waals surface area contributed by atoms with Gasteiger partial charge in [-0.2, -0.15) is 0 Å². The molecule has 2 aliphatic heterocycles. The van der Waals surface area contributed by atoms with E-state index in [-0.39, 0.29) is 5.91 Å². The Kier molecular flexibility index (Phi) is 4.10. The van der Waals surface area contributed by atoms with E-state index < -0.39 is 0 Å². The molecule has 3 heterocycles. The molecule has 0 radical (unpaired) electrons. The van der Waals surface area contributed by atoms with Crippen LogP contribution in [-0.4, -0.2) is 36.0 Å². The molecule has 0 bridgehead atoms. The molecule has 4 nitrogen and oxygen atoms in total. The number of aryl methyl sites for hydroxylation is 1. The van der Waals surface area contributed by atoms with Crippen LogP contribution < -0.4 is 5.32 Å². The molecule has 1 aromatic heterocycles. The summed E-state index contributed by atoms with van der Waals surface area (Å²) in [5, 5.41) is 3.57. The van der Waals surface area contributed by atoms with Crippen molar-refractivity contribution in [2.24, 2.45) is 0 Å². The monoisotopic (exact) mass is 276 g/mol. The van der Waals surface area contributed by atoms with E-state index in [2.05, 4.69) is 10.2 Å². The Bertz CT molecular complexity index is 463. The lowest BCUT2D eigenvalue weighted by Crippen LogP contribution is -2.52. The maximum atomic E-state index is 12.8. The number of amides is 1. The van der Waals surface area contributed by atoms with Crippen LogP contribution in [0.15, 0.2) is 16.7 Å². The quantitative estimate of drug-likeness (QED) is 0.923. The van der Waals surface area contributed by atoms with Crippen LogP contribution in [0.25, 0.3) is 0 Å². The number of hydrogen-bond acceptors (Lipinski definition) is 3. The molecule has 2 atom stereocenters. The highest BCUT2D eigenvalue weighted by atomic mass is 16.3. The zero-order valence-corrected chi connectivity index (χ0v) is 12.2. The summed E-state index contributed by atoms with van der Waals surface area (Å²) in [6, 6.07) is 2.67. The summed E-state index contributed by atoms with van der Waals surface area (Å²) >= 11 is 0. The van der Waals surface area contributed by atoms with Crippen LogP contribution in [0, 0.1) is 0 Å². The van der Waals surface area contributed by atoms with E-state index in [1.165, 1.54) is 19.3 Å². The van der Waals surface area contributed by atoms with Gasteiger partial charge in [-0.15, -0.1) is 0 Å². The second-order valence-corrected chi connectivity index (χ2v) is 5.88. The number of nitrogens with zero attached hydrogens (tertiary/aromatic N) is 1. The average Bonchev–Trinajstić information content (AvgIpc) is 3.17. The minimum atomic E-state index is 0.161. The Morgan fingerprint density at radius 2 is 2.30 bits per heavy atom. The van der Waals surface area contributed by atoms with E-state index in [1.54, 1.807) is 6.26 Å². The Balaban J connectivity index is 1.80. The fraction of sp³-hybridized carbons (Fsp3) is 0.688. The molecule has 0 aliphatic carbocycles. The molecule has 0 spiro atoms. The Labute approximate surface area is 120 Å². The largest absolute Gasteiger partial charge is 0.469 e. The standard InChI is InChI=1S/C16H24N2O2/c1-2-15-12(8-11-20-15)16(19)18-10-4-3-7-14(18)13-6-5-9-17-13/h8,11,13-14,17H,2-7,9-10H2,1H3. The van der Waals surface area contributed by atoms with Gasteiger partial charge in [-0.3, -0.25) is 4.79 Å². The normalized spacial score (nSPS) is 26.9. The van der Waals surface area contributed by atoms with Crippen LogP contribution in [0.4, 0.5) is 0 Å². The van der Waals surface area contributed by atoms with Gasteiger partial charge in [0.2, 0.25) is 0 Å². The molecule has 0 aromatic carbocycles. The van der Waals surface area contributed by atoms with Crippen LogP contribution in [0.3, 0.4) is 0 Å². The van der Waals surface area contributed by atoms with Gasteiger partial charge in [-0.25, -0.2) is 0 Å². The van der Waals surface area contributed by atoms with E-state index in [9.17, 15) is 4.79 Å². The molecule has 4 heteroatoms. The highest BCUT2D eigenvalue weighted by Crippen LogP contribution is 2.27. The number of likely N-dealkylation sites (tertiary alicyclic amines) is 1. The van der Waals surface area contributed by atoms with Crippen molar-refractivity contribution in [3.05, 3.63) is 23.7 Å². The van der Waals surface area contributed by atoms with Crippen molar-refractivity contribution >= 4 is 5.91 Å². The van der Waals surface area contributed by atoms with Crippen molar-refractivity contribution < 1.29 is 9.21 Å². The maximum absolute atomic E-state index is 12.8. The fourth-order valence-electron chi connectivity index (χ4n) is 3.63. The molecule has 1 amide bonds. The number of rotatable bonds is 3. The summed E-state index contributed by atoms with van der Waals surface area (Å²) in [6.07, 6.45) is 8.32. The van der Waals surface area contributed by atoms with Crippen molar-refractivity contribution in [1.82, 2.24) is 10.2 Å². The number of furan rings is 1. The van der Waals surface area contributed by atoms with Crippen LogP contribution in [0.5, 0.6) is 0 Å². The number of nitrogens with one attached hydrogen (secondary N) is 1. The molecule has 2 saturated heterocycles. The molecule has 20 heavy (non-hydrogen) atoms. The summed E-state index contributed by atoms with van der Waals surface area (Å²) in [4.78, 5) is 14.9. The van der Waals surface area contributed by atoms with Crippen molar-refractivity contribution in [3.8, 4) is 0 Å². The van der Waals surface area contributed by atoms with Gasteiger partial charge in [0.15, 0.2) is 0 Å². The number of carbonyl (C=O) groups excluding carboxylic acids is 1. The first kappa shape index (κ1) is 13.7. The molecule has 1 N–H and O–H groups in total. The van der Waals surface area contributed by atoms with Gasteiger partial charge in [-0.1, -0.05) is 6.92 Å². The zero-order chi connectivity index (χ0) is 13.9. The Morgan fingerprint density at radius 1 is 1.40 bits per heavy atom. The molecular formula is C16H24N2O2. The third kappa shape index (κ3) is 2.49. The predicted molar refractivity (Wildman–Crippen MR) is 77.8 cm³/mol. The first-order valence-electron chi connectivity index (χ1n) is 7.92. The lowest BCUT2D eigenvalue weighted by Gasteiger charge is -2.39. The van der Waals surface area contributed by atoms with Crippen molar-refractivity contribution in [1.29, 1.82) is 0 Å². The van der Waals surface area contributed by atoms with E-state index in [1.807, 2.05) is 13.0 Å². The summed E-state index contributed by atoms with van der Waals surface area (Å²) in [7, 11) is 0. The molecular weight excluding hydrogens is 252 g/mol. The second-order valence-electron chi connectivity index (χ2n) is 5.88. The summed E-state index contributed by atoms with van der Waals surface area (Å²) in [5.41, 5.74) is 0.761. The van der Waals surface area contributed by atoms with Gasteiger partial charge >= 0.3 is 0 Å². The second kappa shape index (κ2) is 6.00. The van der Waals surface area contributed by atoms with Gasteiger partial charge in [0.25, 0.3) is 5.91 Å². The highest BCUT2D eigenvalue weighted by molar-refractivity contribution is 5.95. The molecule has 0 saturated carbocycles. The molecule has 2 unspecified atom stereocenters. The zero-order valence-electron chi connectivity index (χ0n) is 12.2. The summed E-state index contributed by atoms with van der Waals surface area (Å²) < 4.78 is 5.42. The molecule has 2 fully saturated rings. The van der Waals surface area contributed by atoms with Gasteiger partial charge < -0.3 is 14.6 Å². The maximum Gasteiger partial charge on any atom is 0.257 e. The predicted octanol–water partition coefficient (Wildman–Crippen LogP) is 2.59. The SMILES string of the molecule is CCc1occc1C(=O)N1CCCCC1C1CCCN1. The third-order valence-electron chi connectivity index (χ3n) is 4.67. The number of carbonyl (C=O) groups is 1. The Morgan fingerprint density at radius 3 is 3.05 bits per heavy atom. The first-order chi connectivity index (χ1) is 9.81. The Hall–Kier alpha value is -1.29. The van der Waals surface area contributed by atoms with Crippen molar-refractivity contribution in [2.45, 2.75) is 57.5 Å². The molecule has 1 aromatic rings. The fourth-order valence-corrected chi connectivity index (χ4v) is 3.63. The lowest BCUT2D eigenvalue weighted by atomic mass is 9.93. The van der Waals surface area contributed by atoms with Gasteiger partial charge in [0.05, 0.1) is 11.8 Å². The van der Waals surface area contributed by atoms with E-state index in [4.69, 9.17) is 4.42 Å². The topological polar surface area (TPSA) is 45.5 Å². The van der Waals surface area contributed by atoms with Crippen molar-refractivity contribution in [2.75, 3.05) is 13.1 Å². The van der Waals surface area contributed by atoms with Crippen LogP contribution in [0.2, 0.25) is 0 Å². The van der Waals surface area contributed by atoms with Gasteiger partial charge in [0, 0.05) is 25.0 Å². The van der Waals surface area contributed by atoms with Crippen LogP contribution in [0.1, 0.15) is 55.1 Å². The molecule has 110 valence electrons. The van der Waals surface area contributed by atoms with Crippen molar-refractivity contribution in [3.63, 3.8) is 0 Å². The smallest absolute Gasteiger partial charge is 0.257 e. The van der Waals surface area contributed by atoms with E-state index in [0.717, 1.165) is 43.7 Å². The van der Waals surface area contributed by atoms with E-state index in [0.29, 0.717) is 12.1 Å². The lowest BCUT2D eigenvalue weighted by molar-refractivity contribution is 0.0561. The van der Waals surface area contributed by atoms with E-state index >= 15 is 0 Å². The minimum Gasteiger partial charge on any atom is -0.469 e. The molecule has 3 rings (SSSR count). The summed E-state index contributed by atoms with van der Waals surface area (Å²) in [5.74, 6) is 0.979. The molecule has 2 aliphatic rings. The van der Waals surface area contributed by atoms with Crippen LogP contribution in [-0.2, 0) is 6.42 Å². The van der Waals surface area contributed by atoms with Gasteiger partial charge in [-0.05, 0) is 44.7 Å².